The average Bonchev–Trinajstić information content (AvgIpc) is 2.90. The lowest BCUT2D eigenvalue weighted by molar-refractivity contribution is -0.112. The zero-order valence-corrected chi connectivity index (χ0v) is 12.6. The van der Waals surface area contributed by atoms with Gasteiger partial charge in [-0.15, -0.1) is 0 Å². The number of anilines is 1. The molecule has 2 aromatic rings. The summed E-state index contributed by atoms with van der Waals surface area (Å²) < 4.78 is 10.5. The number of hydrogen-bond acceptors (Lipinski definition) is 4. The first kappa shape index (κ1) is 15.4. The second kappa shape index (κ2) is 6.64. The molecular formula is C17H16N2O3. The zero-order chi connectivity index (χ0) is 16.1. The first-order chi connectivity index (χ1) is 10.5. The molecule has 0 saturated heterocycles. The van der Waals surface area contributed by atoms with E-state index in [1.807, 2.05) is 19.1 Å². The predicted molar refractivity (Wildman–Crippen MR) is 83.4 cm³/mol. The molecule has 0 radical (unpaired) electrons. The van der Waals surface area contributed by atoms with Crippen LogP contribution in [0, 0.1) is 25.2 Å². The number of carbonyl (C=O) groups excluding carboxylic acids is 1. The Morgan fingerprint density at radius 2 is 2.09 bits per heavy atom. The summed E-state index contributed by atoms with van der Waals surface area (Å²) in [5.41, 5.74) is 1.45. The smallest absolute Gasteiger partial charge is 0.266 e. The van der Waals surface area contributed by atoms with Crippen LogP contribution in [-0.2, 0) is 4.79 Å². The van der Waals surface area contributed by atoms with E-state index >= 15 is 0 Å². The number of ether oxygens (including phenoxy) is 1. The molecule has 0 saturated carbocycles. The SMILES string of the molecule is COc1ccc(C)cc1NC(=O)/C(C#N)=C/c1ccc(C)o1. The van der Waals surface area contributed by atoms with Gasteiger partial charge in [0.15, 0.2) is 0 Å². The summed E-state index contributed by atoms with van der Waals surface area (Å²) in [4.78, 5) is 12.2. The Bertz CT molecular complexity index is 766. The van der Waals surface area contributed by atoms with E-state index in [0.29, 0.717) is 23.0 Å². The highest BCUT2D eigenvalue weighted by Gasteiger charge is 2.13. The van der Waals surface area contributed by atoms with Gasteiger partial charge in [0.25, 0.3) is 5.91 Å². The Hall–Kier alpha value is -3.00. The van der Waals surface area contributed by atoms with E-state index < -0.39 is 5.91 Å². The van der Waals surface area contributed by atoms with Crippen LogP contribution in [0.4, 0.5) is 5.69 Å². The molecule has 1 aromatic heterocycles. The molecule has 1 amide bonds. The number of rotatable bonds is 4. The summed E-state index contributed by atoms with van der Waals surface area (Å²) in [6.45, 7) is 3.70. The third-order valence-electron chi connectivity index (χ3n) is 3.02. The number of amides is 1. The lowest BCUT2D eigenvalue weighted by atomic mass is 10.2. The van der Waals surface area contributed by atoms with Gasteiger partial charge in [0.1, 0.15) is 28.9 Å². The predicted octanol–water partition coefficient (Wildman–Crippen LogP) is 3.45. The number of nitriles is 1. The van der Waals surface area contributed by atoms with Crippen LogP contribution < -0.4 is 10.1 Å². The molecule has 0 aliphatic rings. The molecule has 0 spiro atoms. The van der Waals surface area contributed by atoms with Gasteiger partial charge in [-0.3, -0.25) is 4.79 Å². The number of nitrogens with zero attached hydrogens (tertiary/aromatic N) is 1. The van der Waals surface area contributed by atoms with Gasteiger partial charge in [0, 0.05) is 6.08 Å². The van der Waals surface area contributed by atoms with Crippen molar-refractivity contribution in [3.05, 3.63) is 53.0 Å². The van der Waals surface area contributed by atoms with Gasteiger partial charge >= 0.3 is 0 Å². The topological polar surface area (TPSA) is 75.3 Å². The van der Waals surface area contributed by atoms with Crippen molar-refractivity contribution in [1.29, 1.82) is 5.26 Å². The van der Waals surface area contributed by atoms with Gasteiger partial charge in [0.2, 0.25) is 0 Å². The minimum absolute atomic E-state index is 0.0436. The highest BCUT2D eigenvalue weighted by Crippen LogP contribution is 2.25. The van der Waals surface area contributed by atoms with Gasteiger partial charge in [0.05, 0.1) is 12.8 Å². The Kier molecular flexibility index (Phi) is 4.64. The maximum Gasteiger partial charge on any atom is 0.266 e. The van der Waals surface area contributed by atoms with E-state index in [-0.39, 0.29) is 5.57 Å². The fourth-order valence-electron chi connectivity index (χ4n) is 1.93. The summed E-state index contributed by atoms with van der Waals surface area (Å²) in [5, 5.41) is 11.9. The number of hydrogen-bond donors (Lipinski definition) is 1. The van der Waals surface area contributed by atoms with E-state index in [9.17, 15) is 10.1 Å². The van der Waals surface area contributed by atoms with E-state index in [1.54, 1.807) is 31.2 Å². The van der Waals surface area contributed by atoms with Crippen LogP contribution in [0.5, 0.6) is 5.75 Å². The Morgan fingerprint density at radius 3 is 2.68 bits per heavy atom. The fraction of sp³-hybridized carbons (Fsp3) is 0.176. The van der Waals surface area contributed by atoms with E-state index in [1.165, 1.54) is 13.2 Å². The van der Waals surface area contributed by atoms with Crippen molar-refractivity contribution in [3.8, 4) is 11.8 Å². The van der Waals surface area contributed by atoms with Crippen molar-refractivity contribution >= 4 is 17.7 Å². The summed E-state index contributed by atoms with van der Waals surface area (Å²) in [5.74, 6) is 1.19. The normalized spacial score (nSPS) is 10.9. The summed E-state index contributed by atoms with van der Waals surface area (Å²) in [7, 11) is 1.52. The number of furan rings is 1. The summed E-state index contributed by atoms with van der Waals surface area (Å²) in [6.07, 6.45) is 1.41. The highest BCUT2D eigenvalue weighted by atomic mass is 16.5. The van der Waals surface area contributed by atoms with Crippen LogP contribution in [0.1, 0.15) is 17.1 Å². The van der Waals surface area contributed by atoms with Crippen molar-refractivity contribution < 1.29 is 13.9 Å². The molecule has 0 unspecified atom stereocenters. The minimum Gasteiger partial charge on any atom is -0.495 e. The molecule has 22 heavy (non-hydrogen) atoms. The van der Waals surface area contributed by atoms with Crippen molar-refractivity contribution in [2.24, 2.45) is 0 Å². The van der Waals surface area contributed by atoms with Gasteiger partial charge in [-0.25, -0.2) is 0 Å². The molecule has 5 nitrogen and oxygen atoms in total. The van der Waals surface area contributed by atoms with Crippen molar-refractivity contribution in [2.45, 2.75) is 13.8 Å². The number of nitrogens with one attached hydrogen (secondary N) is 1. The molecule has 0 bridgehead atoms. The quantitative estimate of drug-likeness (QED) is 0.692. The number of carbonyl (C=O) groups is 1. The van der Waals surface area contributed by atoms with Crippen LogP contribution in [0.3, 0.4) is 0 Å². The van der Waals surface area contributed by atoms with Gasteiger partial charge < -0.3 is 14.5 Å². The highest BCUT2D eigenvalue weighted by molar-refractivity contribution is 6.10. The molecule has 1 aromatic carbocycles. The van der Waals surface area contributed by atoms with Gasteiger partial charge in [-0.1, -0.05) is 6.07 Å². The number of benzene rings is 1. The molecule has 112 valence electrons. The van der Waals surface area contributed by atoms with Crippen LogP contribution >= 0.6 is 0 Å². The average molecular weight is 296 g/mol. The largest absolute Gasteiger partial charge is 0.495 e. The van der Waals surface area contributed by atoms with Gasteiger partial charge in [-0.05, 0) is 43.7 Å². The molecular weight excluding hydrogens is 280 g/mol. The maximum atomic E-state index is 12.2. The van der Waals surface area contributed by atoms with Crippen molar-refractivity contribution in [2.75, 3.05) is 12.4 Å². The Morgan fingerprint density at radius 1 is 1.32 bits per heavy atom. The van der Waals surface area contributed by atoms with Crippen LogP contribution in [0.25, 0.3) is 6.08 Å². The fourth-order valence-corrected chi connectivity index (χ4v) is 1.93. The van der Waals surface area contributed by atoms with Crippen LogP contribution in [-0.4, -0.2) is 13.0 Å². The monoisotopic (exact) mass is 296 g/mol. The van der Waals surface area contributed by atoms with Crippen molar-refractivity contribution in [3.63, 3.8) is 0 Å². The van der Waals surface area contributed by atoms with Crippen LogP contribution in [0.2, 0.25) is 0 Å². The maximum absolute atomic E-state index is 12.2. The molecule has 1 N–H and O–H groups in total. The molecule has 2 rings (SSSR count). The van der Waals surface area contributed by atoms with Crippen molar-refractivity contribution in [1.82, 2.24) is 0 Å². The molecule has 0 aliphatic heterocycles. The second-order valence-electron chi connectivity index (χ2n) is 4.78. The Labute approximate surface area is 128 Å². The lowest BCUT2D eigenvalue weighted by Gasteiger charge is -2.10. The van der Waals surface area contributed by atoms with Crippen LogP contribution in [0.15, 0.2) is 40.3 Å². The van der Waals surface area contributed by atoms with E-state index in [4.69, 9.17) is 9.15 Å². The van der Waals surface area contributed by atoms with Gasteiger partial charge in [-0.2, -0.15) is 5.26 Å². The number of aryl methyl sites for hydroxylation is 2. The molecule has 0 fully saturated rings. The zero-order valence-electron chi connectivity index (χ0n) is 12.6. The third kappa shape index (κ3) is 3.55. The molecule has 0 aliphatic carbocycles. The van der Waals surface area contributed by atoms with E-state index in [2.05, 4.69) is 5.32 Å². The first-order valence-electron chi connectivity index (χ1n) is 6.67. The minimum atomic E-state index is -0.513. The summed E-state index contributed by atoms with van der Waals surface area (Å²) >= 11 is 0. The summed E-state index contributed by atoms with van der Waals surface area (Å²) in [6, 6.07) is 10.8. The lowest BCUT2D eigenvalue weighted by Crippen LogP contribution is -2.14. The van der Waals surface area contributed by atoms with E-state index in [0.717, 1.165) is 5.56 Å². The third-order valence-corrected chi connectivity index (χ3v) is 3.02. The molecule has 0 atom stereocenters. The molecule has 1 heterocycles. The molecule has 5 heteroatoms. The second-order valence-corrected chi connectivity index (χ2v) is 4.78. The number of methoxy groups -OCH3 is 1. The Balaban J connectivity index is 2.25. The first-order valence-corrected chi connectivity index (χ1v) is 6.67. The standard InChI is InChI=1S/C17H16N2O3/c1-11-4-7-16(21-3)15(8-11)19-17(20)13(10-18)9-14-6-5-12(2)22-14/h4-9H,1-3H3,(H,19,20)/b13-9+.